The van der Waals surface area contributed by atoms with Gasteiger partial charge in [-0.05, 0) is 31.5 Å². The van der Waals surface area contributed by atoms with Crippen LogP contribution in [0.5, 0.6) is 0 Å². The van der Waals surface area contributed by atoms with Gasteiger partial charge in [0.2, 0.25) is 0 Å². The lowest BCUT2D eigenvalue weighted by Crippen LogP contribution is -2.45. The number of nitrogen functional groups attached to an aromatic ring is 1. The first-order valence-corrected chi connectivity index (χ1v) is 12.6. The van der Waals surface area contributed by atoms with Gasteiger partial charge in [-0.25, -0.2) is 15.0 Å². The minimum absolute atomic E-state index is 0.0846. The standard InChI is InChI=1S/C19H35N5OSi/c1-8-9-10-11-15(14(2)25-26(6,7)19(3,4)5)24-13-23-16-17(20)21-12-22-18(16)24/h12-15H,8-11H2,1-7H3,(H2,20,21,22)/t14-,15+/m0/s1. The number of hydrogen-bond acceptors (Lipinski definition) is 5. The molecule has 0 aromatic carbocycles. The van der Waals surface area contributed by atoms with E-state index < -0.39 is 8.32 Å². The molecule has 146 valence electrons. The molecule has 2 rings (SSSR count). The zero-order chi connectivity index (χ0) is 19.5. The van der Waals surface area contributed by atoms with Gasteiger partial charge >= 0.3 is 0 Å². The molecule has 0 unspecified atom stereocenters. The van der Waals surface area contributed by atoms with E-state index in [2.05, 4.69) is 67.2 Å². The first kappa shape index (κ1) is 20.8. The third-order valence-corrected chi connectivity index (χ3v) is 10.2. The molecule has 0 saturated heterocycles. The summed E-state index contributed by atoms with van der Waals surface area (Å²) in [5.74, 6) is 0.430. The van der Waals surface area contributed by atoms with Gasteiger partial charge in [0, 0.05) is 0 Å². The van der Waals surface area contributed by atoms with Crippen LogP contribution in [0, 0.1) is 0 Å². The third-order valence-electron chi connectivity index (χ3n) is 5.68. The molecule has 0 radical (unpaired) electrons. The Kier molecular flexibility index (Phi) is 6.45. The fourth-order valence-corrected chi connectivity index (χ4v) is 4.48. The van der Waals surface area contributed by atoms with Gasteiger partial charge in [0.15, 0.2) is 19.8 Å². The summed E-state index contributed by atoms with van der Waals surface area (Å²) in [6, 6.07) is 0.190. The van der Waals surface area contributed by atoms with Gasteiger partial charge in [-0.15, -0.1) is 0 Å². The maximum atomic E-state index is 6.71. The van der Waals surface area contributed by atoms with Gasteiger partial charge in [-0.2, -0.15) is 0 Å². The molecule has 0 aliphatic carbocycles. The molecule has 0 aliphatic heterocycles. The van der Waals surface area contributed by atoms with Gasteiger partial charge < -0.3 is 14.7 Å². The van der Waals surface area contributed by atoms with E-state index in [9.17, 15) is 0 Å². The number of fused-ring (bicyclic) bond motifs is 1. The van der Waals surface area contributed by atoms with Crippen molar-refractivity contribution in [2.45, 2.75) is 90.6 Å². The Labute approximate surface area is 158 Å². The zero-order valence-corrected chi connectivity index (χ0v) is 18.4. The van der Waals surface area contributed by atoms with Crippen LogP contribution in [0.2, 0.25) is 18.1 Å². The molecule has 2 aromatic rings. The summed E-state index contributed by atoms with van der Waals surface area (Å²) in [6.45, 7) is 15.9. The quantitative estimate of drug-likeness (QED) is 0.520. The van der Waals surface area contributed by atoms with Gasteiger partial charge in [0.1, 0.15) is 11.8 Å². The summed E-state index contributed by atoms with van der Waals surface area (Å²) in [5.41, 5.74) is 7.44. The molecule has 26 heavy (non-hydrogen) atoms. The van der Waals surface area contributed by atoms with Crippen molar-refractivity contribution >= 4 is 25.3 Å². The number of rotatable bonds is 8. The summed E-state index contributed by atoms with van der Waals surface area (Å²) in [4.78, 5) is 13.0. The summed E-state index contributed by atoms with van der Waals surface area (Å²) >= 11 is 0. The summed E-state index contributed by atoms with van der Waals surface area (Å²) in [5, 5.41) is 0.179. The molecule has 2 atom stereocenters. The van der Waals surface area contributed by atoms with E-state index in [-0.39, 0.29) is 17.2 Å². The van der Waals surface area contributed by atoms with Crippen molar-refractivity contribution in [2.75, 3.05) is 5.73 Å². The molecule has 2 N–H and O–H groups in total. The SMILES string of the molecule is CCCCC[C@H]([C@H](C)O[Si](C)(C)C(C)(C)C)n1cnc2c(N)ncnc21. The summed E-state index contributed by atoms with van der Waals surface area (Å²) in [7, 11) is -1.86. The van der Waals surface area contributed by atoms with Crippen molar-refractivity contribution in [1.29, 1.82) is 0 Å². The van der Waals surface area contributed by atoms with Crippen molar-refractivity contribution in [3.8, 4) is 0 Å². The van der Waals surface area contributed by atoms with E-state index in [0.717, 1.165) is 18.5 Å². The van der Waals surface area contributed by atoms with Crippen LogP contribution in [0.4, 0.5) is 5.82 Å². The van der Waals surface area contributed by atoms with Crippen LogP contribution in [0.1, 0.15) is 66.3 Å². The number of imidazole rings is 1. The average molecular weight is 378 g/mol. The zero-order valence-electron chi connectivity index (χ0n) is 17.4. The highest BCUT2D eigenvalue weighted by Crippen LogP contribution is 2.39. The second kappa shape index (κ2) is 8.04. The third kappa shape index (κ3) is 4.43. The molecular formula is C19H35N5OSi. The second-order valence-electron chi connectivity index (χ2n) is 8.73. The molecule has 6 nitrogen and oxygen atoms in total. The van der Waals surface area contributed by atoms with E-state index in [1.165, 1.54) is 19.2 Å². The van der Waals surface area contributed by atoms with Gasteiger partial charge in [-0.3, -0.25) is 0 Å². The first-order valence-electron chi connectivity index (χ1n) is 9.69. The Hall–Kier alpha value is -1.47. The molecular weight excluding hydrogens is 342 g/mol. The number of hydrogen-bond donors (Lipinski definition) is 1. The summed E-state index contributed by atoms with van der Waals surface area (Å²) in [6.07, 6.45) is 8.06. The van der Waals surface area contributed by atoms with Crippen molar-refractivity contribution in [2.24, 2.45) is 0 Å². The number of nitrogens with zero attached hydrogens (tertiary/aromatic N) is 4. The lowest BCUT2D eigenvalue weighted by molar-refractivity contribution is 0.132. The fourth-order valence-electron chi connectivity index (χ4n) is 3.04. The highest BCUT2D eigenvalue weighted by molar-refractivity contribution is 6.74. The smallest absolute Gasteiger partial charge is 0.192 e. The number of aromatic nitrogens is 4. The van der Waals surface area contributed by atoms with Crippen molar-refractivity contribution < 1.29 is 4.43 Å². The van der Waals surface area contributed by atoms with Gasteiger partial charge in [0.25, 0.3) is 0 Å². The lowest BCUT2D eigenvalue weighted by atomic mass is 10.0. The Morgan fingerprint density at radius 1 is 1.19 bits per heavy atom. The Morgan fingerprint density at radius 2 is 1.88 bits per heavy atom. The molecule has 2 aromatic heterocycles. The molecule has 0 bridgehead atoms. The average Bonchev–Trinajstić information content (AvgIpc) is 2.95. The van der Waals surface area contributed by atoms with E-state index in [1.54, 1.807) is 0 Å². The first-order chi connectivity index (χ1) is 12.1. The topological polar surface area (TPSA) is 78.9 Å². The maximum absolute atomic E-state index is 6.71. The van der Waals surface area contributed by atoms with Crippen LogP contribution >= 0.6 is 0 Å². The maximum Gasteiger partial charge on any atom is 0.192 e. The molecule has 0 saturated carbocycles. The van der Waals surface area contributed by atoms with E-state index in [0.29, 0.717) is 11.3 Å². The Balaban J connectivity index is 2.34. The molecule has 0 amide bonds. The molecule has 2 heterocycles. The van der Waals surface area contributed by atoms with E-state index >= 15 is 0 Å². The predicted molar refractivity (Wildman–Crippen MR) is 111 cm³/mol. The monoisotopic (exact) mass is 377 g/mol. The normalized spacial score (nSPS) is 15.3. The van der Waals surface area contributed by atoms with Gasteiger partial charge in [-0.1, -0.05) is 47.0 Å². The van der Waals surface area contributed by atoms with Crippen molar-refractivity contribution in [3.63, 3.8) is 0 Å². The second-order valence-corrected chi connectivity index (χ2v) is 13.5. The van der Waals surface area contributed by atoms with Crippen molar-refractivity contribution in [1.82, 2.24) is 19.5 Å². The molecule has 0 aliphatic rings. The fraction of sp³-hybridized carbons (Fsp3) is 0.737. The van der Waals surface area contributed by atoms with Crippen LogP contribution in [-0.2, 0) is 4.43 Å². The van der Waals surface area contributed by atoms with E-state index in [1.807, 2.05) is 6.33 Å². The number of nitrogens with two attached hydrogens (primary N) is 1. The van der Waals surface area contributed by atoms with Crippen LogP contribution in [0.3, 0.4) is 0 Å². The minimum Gasteiger partial charge on any atom is -0.412 e. The number of unbranched alkanes of at least 4 members (excludes halogenated alkanes) is 2. The summed E-state index contributed by atoms with van der Waals surface area (Å²) < 4.78 is 8.85. The van der Waals surface area contributed by atoms with Crippen molar-refractivity contribution in [3.05, 3.63) is 12.7 Å². The van der Waals surface area contributed by atoms with E-state index in [4.69, 9.17) is 10.2 Å². The van der Waals surface area contributed by atoms with Crippen LogP contribution < -0.4 is 5.73 Å². The minimum atomic E-state index is -1.86. The lowest BCUT2D eigenvalue weighted by Gasteiger charge is -2.40. The Morgan fingerprint density at radius 3 is 2.50 bits per heavy atom. The molecule has 7 heteroatoms. The molecule has 0 spiro atoms. The van der Waals surface area contributed by atoms with Crippen LogP contribution in [0.25, 0.3) is 11.2 Å². The predicted octanol–water partition coefficient (Wildman–Crippen LogP) is 4.94. The Bertz CT molecular complexity index is 722. The van der Waals surface area contributed by atoms with Crippen LogP contribution in [-0.4, -0.2) is 33.9 Å². The number of anilines is 1. The highest BCUT2D eigenvalue weighted by atomic mass is 28.4. The largest absolute Gasteiger partial charge is 0.412 e. The molecule has 0 fully saturated rings. The van der Waals surface area contributed by atoms with Crippen LogP contribution in [0.15, 0.2) is 12.7 Å². The van der Waals surface area contributed by atoms with Gasteiger partial charge in [0.05, 0.1) is 18.5 Å². The highest BCUT2D eigenvalue weighted by Gasteiger charge is 2.40.